The minimum atomic E-state index is -0.766. The molecule has 0 saturated carbocycles. The van der Waals surface area contributed by atoms with E-state index in [2.05, 4.69) is 5.32 Å². The van der Waals surface area contributed by atoms with Gasteiger partial charge in [-0.15, -0.1) is 0 Å². The van der Waals surface area contributed by atoms with Gasteiger partial charge in [0.2, 0.25) is 5.91 Å². The number of methoxy groups -OCH3 is 3. The maximum Gasteiger partial charge on any atom is 0.256 e. The quantitative estimate of drug-likeness (QED) is 0.318. The van der Waals surface area contributed by atoms with E-state index in [4.69, 9.17) is 31.2 Å². The molecule has 0 bridgehead atoms. The third-order valence-electron chi connectivity index (χ3n) is 6.57. The van der Waals surface area contributed by atoms with E-state index in [-0.39, 0.29) is 18.2 Å². The van der Waals surface area contributed by atoms with Crippen LogP contribution < -0.4 is 29.2 Å². The lowest BCUT2D eigenvalue weighted by Crippen LogP contribution is -2.39. The molecule has 0 aliphatic carbocycles. The van der Waals surface area contributed by atoms with Gasteiger partial charge < -0.3 is 29.2 Å². The number of ether oxygens (including phenoxy) is 4. The SMILES string of the molecule is CCOc1ccc(NC(=O)CC2C(=O)N(c3ccc(OC)cc3)C(=S)N2CCc2ccc(OC)c(OC)c2)cc1. The number of carbonyl (C=O) groups excluding carboxylic acids is 2. The monoisotopic (exact) mass is 563 g/mol. The third kappa shape index (κ3) is 6.45. The Morgan fingerprint density at radius 1 is 0.900 bits per heavy atom. The summed E-state index contributed by atoms with van der Waals surface area (Å²) in [5.41, 5.74) is 2.21. The highest BCUT2D eigenvalue weighted by Gasteiger charge is 2.44. The van der Waals surface area contributed by atoms with Crippen molar-refractivity contribution in [3.63, 3.8) is 0 Å². The van der Waals surface area contributed by atoms with Crippen molar-refractivity contribution in [2.24, 2.45) is 0 Å². The largest absolute Gasteiger partial charge is 0.497 e. The van der Waals surface area contributed by atoms with Crippen molar-refractivity contribution in [1.29, 1.82) is 0 Å². The Kier molecular flexibility index (Phi) is 9.44. The van der Waals surface area contributed by atoms with Gasteiger partial charge in [0.25, 0.3) is 5.91 Å². The Labute approximate surface area is 239 Å². The Morgan fingerprint density at radius 2 is 1.57 bits per heavy atom. The summed E-state index contributed by atoms with van der Waals surface area (Å²) in [7, 11) is 4.75. The van der Waals surface area contributed by atoms with Crippen LogP contribution in [-0.2, 0) is 16.0 Å². The van der Waals surface area contributed by atoms with Gasteiger partial charge in [0, 0.05) is 12.2 Å². The summed E-state index contributed by atoms with van der Waals surface area (Å²) in [6.45, 7) is 2.89. The summed E-state index contributed by atoms with van der Waals surface area (Å²) in [5.74, 6) is 2.08. The number of hydrogen-bond acceptors (Lipinski definition) is 7. The molecule has 1 aliphatic rings. The number of nitrogens with one attached hydrogen (secondary N) is 1. The topological polar surface area (TPSA) is 89.6 Å². The molecule has 210 valence electrons. The Morgan fingerprint density at radius 3 is 2.20 bits per heavy atom. The summed E-state index contributed by atoms with van der Waals surface area (Å²) in [5, 5.41) is 3.23. The molecule has 10 heteroatoms. The fraction of sp³-hybridized carbons (Fsp3) is 0.300. The van der Waals surface area contributed by atoms with Crippen LogP contribution in [0.4, 0.5) is 11.4 Å². The number of amides is 2. The average Bonchev–Trinajstić information content (AvgIpc) is 3.20. The molecule has 40 heavy (non-hydrogen) atoms. The van der Waals surface area contributed by atoms with Crippen LogP contribution in [0, 0.1) is 0 Å². The summed E-state index contributed by atoms with van der Waals surface area (Å²) < 4.78 is 21.5. The molecule has 1 fully saturated rings. The fourth-order valence-corrected chi connectivity index (χ4v) is 4.94. The lowest BCUT2D eigenvalue weighted by molar-refractivity contribution is -0.124. The molecule has 3 aromatic carbocycles. The van der Waals surface area contributed by atoms with Gasteiger partial charge in [-0.2, -0.15) is 0 Å². The predicted molar refractivity (Wildman–Crippen MR) is 158 cm³/mol. The number of thiocarbonyl (C=S) groups is 1. The maximum atomic E-state index is 13.7. The number of carbonyl (C=O) groups is 2. The van der Waals surface area contributed by atoms with Crippen LogP contribution in [0.2, 0.25) is 0 Å². The number of benzene rings is 3. The molecule has 1 N–H and O–H groups in total. The van der Waals surface area contributed by atoms with E-state index in [9.17, 15) is 9.59 Å². The summed E-state index contributed by atoms with van der Waals surface area (Å²) >= 11 is 5.79. The molecular formula is C30H33N3O6S. The molecule has 0 radical (unpaired) electrons. The number of nitrogens with zero attached hydrogens (tertiary/aromatic N) is 2. The van der Waals surface area contributed by atoms with Gasteiger partial charge in [0.15, 0.2) is 16.6 Å². The Bertz CT molecular complexity index is 1350. The van der Waals surface area contributed by atoms with Crippen LogP contribution in [0.25, 0.3) is 0 Å². The summed E-state index contributed by atoms with van der Waals surface area (Å²) in [6.07, 6.45) is 0.506. The number of hydrogen-bond donors (Lipinski definition) is 1. The van der Waals surface area contributed by atoms with E-state index in [1.807, 2.05) is 30.0 Å². The summed E-state index contributed by atoms with van der Waals surface area (Å²) in [6, 6.07) is 19.1. The van der Waals surface area contributed by atoms with Crippen LogP contribution in [-0.4, -0.2) is 62.3 Å². The van der Waals surface area contributed by atoms with Gasteiger partial charge in [0.05, 0.1) is 40.0 Å². The minimum absolute atomic E-state index is 0.0647. The molecular weight excluding hydrogens is 530 g/mol. The van der Waals surface area contributed by atoms with Crippen LogP contribution in [0.15, 0.2) is 66.7 Å². The first-order valence-electron chi connectivity index (χ1n) is 12.9. The van der Waals surface area contributed by atoms with Crippen LogP contribution in [0.1, 0.15) is 18.9 Å². The zero-order chi connectivity index (χ0) is 28.6. The van der Waals surface area contributed by atoms with E-state index >= 15 is 0 Å². The van der Waals surface area contributed by atoms with Gasteiger partial charge in [-0.25, -0.2) is 0 Å². The first-order chi connectivity index (χ1) is 19.4. The number of anilines is 2. The highest BCUT2D eigenvalue weighted by Crippen LogP contribution is 2.31. The zero-order valence-corrected chi connectivity index (χ0v) is 23.8. The molecule has 4 rings (SSSR count). The average molecular weight is 564 g/mol. The first kappa shape index (κ1) is 28.7. The maximum absolute atomic E-state index is 13.7. The molecule has 0 aromatic heterocycles. The smallest absolute Gasteiger partial charge is 0.256 e. The molecule has 3 aromatic rings. The Hall–Kier alpha value is -4.31. The predicted octanol–water partition coefficient (Wildman–Crippen LogP) is 4.68. The van der Waals surface area contributed by atoms with Crippen molar-refractivity contribution < 1.29 is 28.5 Å². The van der Waals surface area contributed by atoms with E-state index in [1.54, 1.807) is 69.9 Å². The fourth-order valence-electron chi connectivity index (χ4n) is 4.53. The lowest BCUT2D eigenvalue weighted by Gasteiger charge is -2.24. The van der Waals surface area contributed by atoms with Crippen molar-refractivity contribution in [2.45, 2.75) is 25.8 Å². The highest BCUT2D eigenvalue weighted by atomic mass is 32.1. The summed E-state index contributed by atoms with van der Waals surface area (Å²) in [4.78, 5) is 30.1. The minimum Gasteiger partial charge on any atom is -0.497 e. The van der Waals surface area contributed by atoms with Gasteiger partial charge in [0.1, 0.15) is 17.5 Å². The van der Waals surface area contributed by atoms with Crippen LogP contribution >= 0.6 is 12.2 Å². The normalized spacial score (nSPS) is 14.8. The van der Waals surface area contributed by atoms with Gasteiger partial charge in [-0.05, 0) is 91.8 Å². The van der Waals surface area contributed by atoms with Crippen LogP contribution in [0.3, 0.4) is 0 Å². The zero-order valence-electron chi connectivity index (χ0n) is 23.0. The molecule has 1 aliphatic heterocycles. The second-order valence-electron chi connectivity index (χ2n) is 9.01. The van der Waals surface area contributed by atoms with E-state index in [1.165, 1.54) is 4.90 Å². The molecule has 2 amide bonds. The van der Waals surface area contributed by atoms with Crippen molar-refractivity contribution in [2.75, 3.05) is 44.7 Å². The lowest BCUT2D eigenvalue weighted by atomic mass is 10.1. The van der Waals surface area contributed by atoms with Crippen molar-refractivity contribution in [3.05, 3.63) is 72.3 Å². The molecule has 1 heterocycles. The molecule has 9 nitrogen and oxygen atoms in total. The van der Waals surface area contributed by atoms with Gasteiger partial charge in [-0.1, -0.05) is 6.07 Å². The second kappa shape index (κ2) is 13.2. The van der Waals surface area contributed by atoms with Crippen LogP contribution in [0.5, 0.6) is 23.0 Å². The second-order valence-corrected chi connectivity index (χ2v) is 9.38. The third-order valence-corrected chi connectivity index (χ3v) is 6.98. The molecule has 1 unspecified atom stereocenters. The highest BCUT2D eigenvalue weighted by molar-refractivity contribution is 7.80. The van der Waals surface area contributed by atoms with E-state index in [0.29, 0.717) is 59.1 Å². The molecule has 1 atom stereocenters. The molecule has 1 saturated heterocycles. The van der Waals surface area contributed by atoms with Gasteiger partial charge in [-0.3, -0.25) is 14.5 Å². The Balaban J connectivity index is 1.54. The van der Waals surface area contributed by atoms with Crippen molar-refractivity contribution >= 4 is 40.5 Å². The standard InChI is InChI=1S/C30H33N3O6S/c1-5-39-24-11-7-21(8-12-24)31-28(34)19-25-29(35)33(22-9-13-23(36-2)14-10-22)30(40)32(25)17-16-20-6-15-26(37-3)27(18-20)38-4/h6-15,18,25H,5,16-17,19H2,1-4H3,(H,31,34). The van der Waals surface area contributed by atoms with Gasteiger partial charge >= 0.3 is 0 Å². The van der Waals surface area contributed by atoms with E-state index in [0.717, 1.165) is 5.56 Å². The first-order valence-corrected chi connectivity index (χ1v) is 13.3. The van der Waals surface area contributed by atoms with Crippen molar-refractivity contribution in [3.8, 4) is 23.0 Å². The molecule has 0 spiro atoms. The van der Waals surface area contributed by atoms with Crippen molar-refractivity contribution in [1.82, 2.24) is 4.90 Å². The van der Waals surface area contributed by atoms with E-state index < -0.39 is 6.04 Å². The number of rotatable bonds is 12.